The molecule has 1 aromatic heterocycles. The van der Waals surface area contributed by atoms with E-state index in [0.29, 0.717) is 54.8 Å². The van der Waals surface area contributed by atoms with Gasteiger partial charge in [0.15, 0.2) is 0 Å². The SMILES string of the molecule is [C-]#[N+]c1cc(-c2nc(-c3ccc4c(c3)OCCN(CCCC(=O)O)C4)no2)ccc1OC(C)C. The van der Waals surface area contributed by atoms with Crippen LogP contribution in [0.25, 0.3) is 27.7 Å². The summed E-state index contributed by atoms with van der Waals surface area (Å²) in [6.45, 7) is 13.9. The van der Waals surface area contributed by atoms with Gasteiger partial charge in [0, 0.05) is 36.2 Å². The van der Waals surface area contributed by atoms with Crippen molar-refractivity contribution in [1.29, 1.82) is 0 Å². The van der Waals surface area contributed by atoms with E-state index in [2.05, 4.69) is 19.9 Å². The maximum Gasteiger partial charge on any atom is 0.303 e. The molecule has 0 atom stereocenters. The smallest absolute Gasteiger partial charge is 0.303 e. The maximum atomic E-state index is 10.8. The molecule has 0 fully saturated rings. The van der Waals surface area contributed by atoms with E-state index in [1.54, 1.807) is 18.2 Å². The number of hydrogen-bond donors (Lipinski definition) is 1. The maximum absolute atomic E-state index is 10.8. The quantitative estimate of drug-likeness (QED) is 0.476. The fourth-order valence-electron chi connectivity index (χ4n) is 3.76. The lowest BCUT2D eigenvalue weighted by molar-refractivity contribution is -0.137. The lowest BCUT2D eigenvalue weighted by Crippen LogP contribution is -2.27. The van der Waals surface area contributed by atoms with Gasteiger partial charge in [-0.3, -0.25) is 9.69 Å². The van der Waals surface area contributed by atoms with Crippen LogP contribution in [-0.2, 0) is 11.3 Å². The Kier molecular flexibility index (Phi) is 7.09. The van der Waals surface area contributed by atoms with E-state index in [4.69, 9.17) is 25.7 Å². The largest absolute Gasteiger partial charge is 0.502 e. The molecule has 1 aliphatic rings. The summed E-state index contributed by atoms with van der Waals surface area (Å²) >= 11 is 0. The van der Waals surface area contributed by atoms with Crippen molar-refractivity contribution in [2.45, 2.75) is 39.3 Å². The van der Waals surface area contributed by atoms with Gasteiger partial charge in [0.05, 0.1) is 12.7 Å². The topological polar surface area (TPSA) is 102 Å². The van der Waals surface area contributed by atoms with Crippen molar-refractivity contribution in [1.82, 2.24) is 15.0 Å². The van der Waals surface area contributed by atoms with Crippen LogP contribution in [0.1, 0.15) is 32.3 Å². The van der Waals surface area contributed by atoms with E-state index in [1.165, 1.54) is 0 Å². The normalized spacial score (nSPS) is 13.6. The first-order valence-corrected chi connectivity index (χ1v) is 11.2. The van der Waals surface area contributed by atoms with E-state index in [-0.39, 0.29) is 12.5 Å². The molecule has 0 unspecified atom stereocenters. The molecule has 0 spiro atoms. The van der Waals surface area contributed by atoms with Gasteiger partial charge >= 0.3 is 5.97 Å². The Balaban J connectivity index is 1.51. The summed E-state index contributed by atoms with van der Waals surface area (Å²) in [5.41, 5.74) is 2.82. The summed E-state index contributed by atoms with van der Waals surface area (Å²) in [5, 5.41) is 13.0. The fourth-order valence-corrected chi connectivity index (χ4v) is 3.76. The van der Waals surface area contributed by atoms with Gasteiger partial charge in [0.1, 0.15) is 18.1 Å². The third-order valence-electron chi connectivity index (χ3n) is 5.36. The first-order chi connectivity index (χ1) is 16.4. The summed E-state index contributed by atoms with van der Waals surface area (Å²) < 4.78 is 17.1. The predicted molar refractivity (Wildman–Crippen MR) is 125 cm³/mol. The van der Waals surface area contributed by atoms with Crippen LogP contribution in [0.15, 0.2) is 40.9 Å². The molecule has 0 bridgehead atoms. The number of carboxylic acids is 1. The zero-order valence-corrected chi connectivity index (χ0v) is 19.2. The lowest BCUT2D eigenvalue weighted by Gasteiger charge is -2.18. The Morgan fingerprint density at radius 2 is 2.09 bits per heavy atom. The molecular weight excluding hydrogens is 436 g/mol. The average Bonchev–Trinajstić information content (AvgIpc) is 3.21. The number of aliphatic carboxylic acids is 1. The molecule has 3 aromatic rings. The minimum Gasteiger partial charge on any atom is -0.502 e. The van der Waals surface area contributed by atoms with Crippen LogP contribution in [0.4, 0.5) is 5.69 Å². The summed E-state index contributed by atoms with van der Waals surface area (Å²) in [5.74, 6) is 1.25. The lowest BCUT2D eigenvalue weighted by atomic mass is 10.1. The van der Waals surface area contributed by atoms with Gasteiger partial charge < -0.3 is 19.1 Å². The molecule has 0 saturated heterocycles. The van der Waals surface area contributed by atoms with Crippen LogP contribution in [-0.4, -0.2) is 51.9 Å². The molecule has 2 aromatic carbocycles. The molecule has 0 aliphatic carbocycles. The molecule has 4 rings (SSSR count). The number of carboxylic acid groups (broad SMARTS) is 1. The second kappa shape index (κ2) is 10.4. The monoisotopic (exact) mass is 462 g/mol. The minimum absolute atomic E-state index is 0.0337. The summed E-state index contributed by atoms with van der Waals surface area (Å²) in [6, 6.07) is 11.0. The summed E-state index contributed by atoms with van der Waals surface area (Å²) in [6.07, 6.45) is 0.733. The Morgan fingerprint density at radius 1 is 1.26 bits per heavy atom. The second-order valence-electron chi connectivity index (χ2n) is 8.33. The van der Waals surface area contributed by atoms with Crippen LogP contribution in [0.2, 0.25) is 0 Å². The number of hydrogen-bond acceptors (Lipinski definition) is 7. The summed E-state index contributed by atoms with van der Waals surface area (Å²) in [7, 11) is 0. The highest BCUT2D eigenvalue weighted by molar-refractivity contribution is 5.69. The van der Waals surface area contributed by atoms with Crippen molar-refractivity contribution in [3.05, 3.63) is 53.4 Å². The van der Waals surface area contributed by atoms with Gasteiger partial charge in [-0.2, -0.15) is 4.98 Å². The van der Waals surface area contributed by atoms with Gasteiger partial charge in [0.25, 0.3) is 5.89 Å². The van der Waals surface area contributed by atoms with Crippen LogP contribution < -0.4 is 9.47 Å². The zero-order chi connectivity index (χ0) is 24.1. The highest BCUT2D eigenvalue weighted by atomic mass is 16.5. The minimum atomic E-state index is -0.777. The molecular formula is C25H26N4O5. The Hall–Kier alpha value is -3.90. The molecule has 9 nitrogen and oxygen atoms in total. The Bertz CT molecular complexity index is 1210. The molecule has 0 saturated carbocycles. The van der Waals surface area contributed by atoms with E-state index in [9.17, 15) is 4.79 Å². The Labute approximate surface area is 197 Å². The van der Waals surface area contributed by atoms with E-state index in [1.807, 2.05) is 32.0 Å². The fraction of sp³-hybridized carbons (Fsp3) is 0.360. The molecule has 0 radical (unpaired) electrons. The number of ether oxygens (including phenoxy) is 2. The van der Waals surface area contributed by atoms with Crippen LogP contribution >= 0.6 is 0 Å². The molecule has 0 amide bonds. The predicted octanol–water partition coefficient (Wildman–Crippen LogP) is 4.80. The first kappa shape index (κ1) is 23.3. The van der Waals surface area contributed by atoms with Gasteiger partial charge in [-0.1, -0.05) is 17.3 Å². The third-order valence-corrected chi connectivity index (χ3v) is 5.36. The van der Waals surface area contributed by atoms with Crippen LogP contribution in [0, 0.1) is 6.57 Å². The van der Waals surface area contributed by atoms with Crippen molar-refractivity contribution in [2.24, 2.45) is 0 Å². The van der Waals surface area contributed by atoms with E-state index in [0.717, 1.165) is 23.4 Å². The standard InChI is InChI=1S/C25H26N4O5/c1-16(2)33-21-9-8-18(13-20(21)26-3)25-27-24(28-34-25)17-6-7-19-15-29(10-4-5-23(30)31)11-12-32-22(19)14-17/h6-9,13-14,16H,4-5,10-12,15H2,1-2H3,(H,30,31). The number of aromatic nitrogens is 2. The van der Waals surface area contributed by atoms with Gasteiger partial charge in [-0.05, 0) is 51.1 Å². The second-order valence-corrected chi connectivity index (χ2v) is 8.33. The Morgan fingerprint density at radius 3 is 2.85 bits per heavy atom. The molecule has 176 valence electrons. The van der Waals surface area contributed by atoms with Crippen molar-refractivity contribution in [3.8, 4) is 34.3 Å². The average molecular weight is 463 g/mol. The number of rotatable bonds is 8. The molecule has 9 heteroatoms. The number of nitrogens with zero attached hydrogens (tertiary/aromatic N) is 4. The van der Waals surface area contributed by atoms with Gasteiger partial charge in [-0.15, -0.1) is 0 Å². The highest BCUT2D eigenvalue weighted by Crippen LogP contribution is 2.34. The van der Waals surface area contributed by atoms with E-state index < -0.39 is 5.97 Å². The number of fused-ring (bicyclic) bond motifs is 1. The molecule has 1 N–H and O–H groups in total. The van der Waals surface area contributed by atoms with Crippen molar-refractivity contribution >= 4 is 11.7 Å². The van der Waals surface area contributed by atoms with Crippen LogP contribution in [0.5, 0.6) is 11.5 Å². The van der Waals surface area contributed by atoms with Crippen molar-refractivity contribution in [3.63, 3.8) is 0 Å². The molecule has 34 heavy (non-hydrogen) atoms. The molecule has 1 aliphatic heterocycles. The summed E-state index contributed by atoms with van der Waals surface area (Å²) in [4.78, 5) is 21.0. The van der Waals surface area contributed by atoms with Crippen molar-refractivity contribution < 1.29 is 23.9 Å². The van der Waals surface area contributed by atoms with Gasteiger partial charge in [0.2, 0.25) is 11.5 Å². The zero-order valence-electron chi connectivity index (χ0n) is 19.2. The number of benzene rings is 2. The highest BCUT2D eigenvalue weighted by Gasteiger charge is 2.19. The van der Waals surface area contributed by atoms with Crippen LogP contribution in [0.3, 0.4) is 0 Å². The molecule has 2 heterocycles. The third kappa shape index (κ3) is 5.53. The van der Waals surface area contributed by atoms with Gasteiger partial charge in [-0.25, -0.2) is 4.85 Å². The number of carbonyl (C=O) groups is 1. The van der Waals surface area contributed by atoms with E-state index >= 15 is 0 Å². The first-order valence-electron chi connectivity index (χ1n) is 11.2. The van der Waals surface area contributed by atoms with Crippen molar-refractivity contribution in [2.75, 3.05) is 19.7 Å².